The summed E-state index contributed by atoms with van der Waals surface area (Å²) in [7, 11) is 3.57. The lowest BCUT2D eigenvalue weighted by Crippen LogP contribution is -2.16. The summed E-state index contributed by atoms with van der Waals surface area (Å²) in [6.07, 6.45) is 0. The molecule has 1 heterocycles. The molecule has 96 valence electrons. The van der Waals surface area contributed by atoms with Gasteiger partial charge in [-0.25, -0.2) is 0 Å². The lowest BCUT2D eigenvalue weighted by atomic mass is 10.1. The van der Waals surface area contributed by atoms with E-state index in [9.17, 15) is 4.79 Å². The molecule has 0 aliphatic rings. The van der Waals surface area contributed by atoms with E-state index in [2.05, 4.69) is 20.9 Å². The van der Waals surface area contributed by atoms with Crippen molar-refractivity contribution in [2.75, 3.05) is 19.0 Å². The molecule has 0 aliphatic heterocycles. The predicted octanol–water partition coefficient (Wildman–Crippen LogP) is 3.17. The number of halogens is 1. The largest absolute Gasteiger partial charge is 0.425 e. The van der Waals surface area contributed by atoms with Gasteiger partial charge in [0.2, 0.25) is 0 Å². The maximum Gasteiger partial charge on any atom is 0.300 e. The van der Waals surface area contributed by atoms with Crippen LogP contribution < -0.4 is 10.5 Å². The van der Waals surface area contributed by atoms with Crippen LogP contribution in [0.15, 0.2) is 44.0 Å². The van der Waals surface area contributed by atoms with E-state index in [1.54, 1.807) is 25.1 Å². The molecule has 4 nitrogen and oxygen atoms in total. The van der Waals surface area contributed by atoms with Gasteiger partial charge >= 0.3 is 6.01 Å². The van der Waals surface area contributed by atoms with Gasteiger partial charge in [0.05, 0.1) is 5.39 Å². The molecule has 3 aromatic rings. The Morgan fingerprint density at radius 3 is 2.74 bits per heavy atom. The van der Waals surface area contributed by atoms with Crippen molar-refractivity contribution in [3.05, 3.63) is 45.2 Å². The quantitative estimate of drug-likeness (QED) is 0.646. The molecule has 2 aromatic carbocycles. The highest BCUT2D eigenvalue weighted by atomic mass is 79.9. The fourth-order valence-corrected chi connectivity index (χ4v) is 2.42. The zero-order valence-corrected chi connectivity index (χ0v) is 12.1. The molecule has 0 saturated heterocycles. The lowest BCUT2D eigenvalue weighted by Gasteiger charge is -2.10. The van der Waals surface area contributed by atoms with Crippen LogP contribution in [0, 0.1) is 0 Å². The summed E-state index contributed by atoms with van der Waals surface area (Å²) in [5.41, 5.74) is 0.288. The standard InChI is InChI=1S/C14H11BrN2O2/c1-17(2)14-16-13(18)12-10-5-4-9(15)7-8(10)3-6-11(12)19-14/h3-7H,1-2H3. The number of benzene rings is 2. The Morgan fingerprint density at radius 1 is 1.21 bits per heavy atom. The molecule has 0 amide bonds. The van der Waals surface area contributed by atoms with Crippen LogP contribution in [0.5, 0.6) is 0 Å². The van der Waals surface area contributed by atoms with Crippen molar-refractivity contribution in [2.45, 2.75) is 0 Å². The molecule has 19 heavy (non-hydrogen) atoms. The first-order valence-corrected chi connectivity index (χ1v) is 6.56. The van der Waals surface area contributed by atoms with Crippen LogP contribution >= 0.6 is 15.9 Å². The van der Waals surface area contributed by atoms with Gasteiger partial charge in [-0.05, 0) is 29.0 Å². The zero-order chi connectivity index (χ0) is 13.6. The number of nitrogens with zero attached hydrogens (tertiary/aromatic N) is 2. The second kappa shape index (κ2) is 4.35. The van der Waals surface area contributed by atoms with Crippen molar-refractivity contribution in [3.63, 3.8) is 0 Å². The zero-order valence-electron chi connectivity index (χ0n) is 10.5. The Balaban J connectivity index is 2.46. The third kappa shape index (κ3) is 2.00. The van der Waals surface area contributed by atoms with E-state index in [1.807, 2.05) is 24.3 Å². The van der Waals surface area contributed by atoms with Gasteiger partial charge in [0, 0.05) is 18.6 Å². The van der Waals surface area contributed by atoms with Gasteiger partial charge in [-0.15, -0.1) is 0 Å². The van der Waals surface area contributed by atoms with E-state index < -0.39 is 0 Å². The summed E-state index contributed by atoms with van der Waals surface area (Å²) in [6.45, 7) is 0. The van der Waals surface area contributed by atoms with Crippen molar-refractivity contribution in [3.8, 4) is 0 Å². The van der Waals surface area contributed by atoms with Gasteiger partial charge in [-0.1, -0.05) is 28.1 Å². The molecule has 0 radical (unpaired) electrons. The molecule has 3 rings (SSSR count). The van der Waals surface area contributed by atoms with E-state index >= 15 is 0 Å². The second-order valence-electron chi connectivity index (χ2n) is 4.50. The third-order valence-electron chi connectivity index (χ3n) is 2.94. The molecule has 0 unspecified atom stereocenters. The molecule has 0 bridgehead atoms. The number of aromatic nitrogens is 1. The van der Waals surface area contributed by atoms with Gasteiger partial charge in [0.15, 0.2) is 0 Å². The molecule has 1 aromatic heterocycles. The van der Waals surface area contributed by atoms with E-state index in [0.29, 0.717) is 17.0 Å². The average molecular weight is 319 g/mol. The minimum Gasteiger partial charge on any atom is -0.425 e. The van der Waals surface area contributed by atoms with E-state index in [0.717, 1.165) is 15.2 Å². The molecule has 0 fully saturated rings. The Kier molecular flexibility index (Phi) is 2.78. The lowest BCUT2D eigenvalue weighted by molar-refractivity contribution is 0.573. The topological polar surface area (TPSA) is 46.3 Å². The highest BCUT2D eigenvalue weighted by Gasteiger charge is 2.11. The molecule has 0 saturated carbocycles. The molecule has 0 aliphatic carbocycles. The van der Waals surface area contributed by atoms with Gasteiger partial charge in [0.25, 0.3) is 5.56 Å². The fraction of sp³-hybridized carbons (Fsp3) is 0.143. The summed E-state index contributed by atoms with van der Waals surface area (Å²) in [5, 5.41) is 2.36. The fourth-order valence-electron chi connectivity index (χ4n) is 2.04. The smallest absolute Gasteiger partial charge is 0.300 e. The SMILES string of the molecule is CN(C)c1nc(=O)c2c(ccc3cc(Br)ccc32)o1. The Hall–Kier alpha value is -1.88. The van der Waals surface area contributed by atoms with Crippen molar-refractivity contribution < 1.29 is 4.42 Å². The predicted molar refractivity (Wildman–Crippen MR) is 79.8 cm³/mol. The first kappa shape index (κ1) is 12.2. The highest BCUT2D eigenvalue weighted by molar-refractivity contribution is 9.10. The normalized spacial score (nSPS) is 11.1. The average Bonchev–Trinajstić information content (AvgIpc) is 2.37. The number of hydrogen-bond acceptors (Lipinski definition) is 4. The Labute approximate surface area is 117 Å². The number of hydrogen-bond donors (Lipinski definition) is 0. The summed E-state index contributed by atoms with van der Waals surface area (Å²) in [5.74, 6) is 0. The number of anilines is 1. The van der Waals surface area contributed by atoms with Gasteiger partial charge < -0.3 is 9.32 Å². The van der Waals surface area contributed by atoms with Gasteiger partial charge in [0.1, 0.15) is 5.58 Å². The monoisotopic (exact) mass is 318 g/mol. The second-order valence-corrected chi connectivity index (χ2v) is 5.42. The minimum atomic E-state index is -0.266. The van der Waals surface area contributed by atoms with Crippen molar-refractivity contribution in [2.24, 2.45) is 0 Å². The summed E-state index contributed by atoms with van der Waals surface area (Å²) >= 11 is 3.42. The molecule has 0 N–H and O–H groups in total. The molecular formula is C14H11BrN2O2. The van der Waals surface area contributed by atoms with Crippen LogP contribution in [0.25, 0.3) is 21.7 Å². The third-order valence-corrected chi connectivity index (χ3v) is 3.43. The first-order valence-electron chi connectivity index (χ1n) is 5.77. The molecular weight excluding hydrogens is 308 g/mol. The van der Waals surface area contributed by atoms with E-state index in [-0.39, 0.29) is 5.56 Å². The van der Waals surface area contributed by atoms with Gasteiger partial charge in [-0.3, -0.25) is 4.79 Å². The Morgan fingerprint density at radius 2 is 2.00 bits per heavy atom. The maximum atomic E-state index is 12.2. The minimum absolute atomic E-state index is 0.266. The number of rotatable bonds is 1. The van der Waals surface area contributed by atoms with E-state index in [1.165, 1.54) is 0 Å². The van der Waals surface area contributed by atoms with Crippen LogP contribution in [-0.4, -0.2) is 19.1 Å². The molecule has 0 spiro atoms. The van der Waals surface area contributed by atoms with Crippen LogP contribution in [0.4, 0.5) is 6.01 Å². The van der Waals surface area contributed by atoms with Gasteiger partial charge in [-0.2, -0.15) is 4.98 Å². The highest BCUT2D eigenvalue weighted by Crippen LogP contribution is 2.26. The summed E-state index contributed by atoms with van der Waals surface area (Å²) < 4.78 is 6.62. The van der Waals surface area contributed by atoms with Crippen LogP contribution in [0.3, 0.4) is 0 Å². The first-order chi connectivity index (χ1) is 9.06. The summed E-state index contributed by atoms with van der Waals surface area (Å²) in [4.78, 5) is 17.8. The Bertz CT molecular complexity index is 840. The van der Waals surface area contributed by atoms with E-state index in [4.69, 9.17) is 4.42 Å². The summed E-state index contributed by atoms with van der Waals surface area (Å²) in [6, 6.07) is 9.82. The van der Waals surface area contributed by atoms with Crippen LogP contribution in [-0.2, 0) is 0 Å². The molecule has 5 heteroatoms. The van der Waals surface area contributed by atoms with Crippen LogP contribution in [0.1, 0.15) is 0 Å². The van der Waals surface area contributed by atoms with Crippen molar-refractivity contribution in [1.82, 2.24) is 4.98 Å². The van der Waals surface area contributed by atoms with Crippen molar-refractivity contribution in [1.29, 1.82) is 0 Å². The van der Waals surface area contributed by atoms with Crippen molar-refractivity contribution >= 4 is 43.7 Å². The maximum absolute atomic E-state index is 12.2. The van der Waals surface area contributed by atoms with Crippen LogP contribution in [0.2, 0.25) is 0 Å². The molecule has 0 atom stereocenters. The number of fused-ring (bicyclic) bond motifs is 3.